The molecule has 1 aromatic heterocycles. The minimum atomic E-state index is -0.300. The van der Waals surface area contributed by atoms with Gasteiger partial charge in [0.25, 0.3) is 5.91 Å². The molecule has 2 N–H and O–H groups in total. The lowest BCUT2D eigenvalue weighted by molar-refractivity contribution is 0.0950. The average Bonchev–Trinajstić information content (AvgIpc) is 2.86. The van der Waals surface area contributed by atoms with Crippen molar-refractivity contribution in [1.82, 2.24) is 15.6 Å². The number of nitrogens with zero attached hydrogens (tertiary/aromatic N) is 2. The number of aromatic nitrogens is 2. The molecule has 0 fully saturated rings. The summed E-state index contributed by atoms with van der Waals surface area (Å²) >= 11 is 0. The van der Waals surface area contributed by atoms with Gasteiger partial charge in [-0.2, -0.15) is 10.2 Å². The van der Waals surface area contributed by atoms with E-state index in [1.165, 1.54) is 0 Å². The summed E-state index contributed by atoms with van der Waals surface area (Å²) in [6, 6.07) is 11.4. The standard InChI is InChI=1S/C13H14N4O/c1-9(2)14-17-13(18)12-8-11(15-16-12)10-6-4-3-5-7-10/h3-8H,1-2H3,(H,15,16)(H,17,18). The van der Waals surface area contributed by atoms with Crippen molar-refractivity contribution < 1.29 is 4.79 Å². The van der Waals surface area contributed by atoms with E-state index in [2.05, 4.69) is 20.7 Å². The molecular formula is C13H14N4O. The summed E-state index contributed by atoms with van der Waals surface area (Å²) < 4.78 is 0. The van der Waals surface area contributed by atoms with Crippen molar-refractivity contribution in [3.05, 3.63) is 42.1 Å². The van der Waals surface area contributed by atoms with Crippen LogP contribution in [-0.2, 0) is 0 Å². The highest BCUT2D eigenvalue weighted by Gasteiger charge is 2.09. The lowest BCUT2D eigenvalue weighted by atomic mass is 10.1. The quantitative estimate of drug-likeness (QED) is 0.640. The smallest absolute Gasteiger partial charge is 0.272 e. The molecule has 0 radical (unpaired) electrons. The van der Waals surface area contributed by atoms with Crippen LogP contribution < -0.4 is 5.43 Å². The van der Waals surface area contributed by atoms with Crippen LogP contribution in [-0.4, -0.2) is 21.8 Å². The zero-order valence-corrected chi connectivity index (χ0v) is 10.3. The Balaban J connectivity index is 2.16. The van der Waals surface area contributed by atoms with Gasteiger partial charge in [-0.1, -0.05) is 30.3 Å². The van der Waals surface area contributed by atoms with Gasteiger partial charge in [0.2, 0.25) is 0 Å². The van der Waals surface area contributed by atoms with Crippen molar-refractivity contribution in [1.29, 1.82) is 0 Å². The maximum absolute atomic E-state index is 11.7. The van der Waals surface area contributed by atoms with Crippen molar-refractivity contribution >= 4 is 11.6 Å². The Bertz CT molecular complexity index is 568. The summed E-state index contributed by atoms with van der Waals surface area (Å²) in [5.74, 6) is -0.300. The Morgan fingerprint density at radius 3 is 2.67 bits per heavy atom. The van der Waals surface area contributed by atoms with E-state index in [1.54, 1.807) is 6.07 Å². The summed E-state index contributed by atoms with van der Waals surface area (Å²) in [5, 5.41) is 10.6. The number of nitrogens with one attached hydrogen (secondary N) is 2. The van der Waals surface area contributed by atoms with Crippen molar-refractivity contribution in [2.45, 2.75) is 13.8 Å². The van der Waals surface area contributed by atoms with Crippen LogP contribution in [0.1, 0.15) is 24.3 Å². The second kappa shape index (κ2) is 5.27. The molecule has 0 spiro atoms. The zero-order valence-electron chi connectivity index (χ0n) is 10.3. The largest absolute Gasteiger partial charge is 0.289 e. The second-order valence-electron chi connectivity index (χ2n) is 4.03. The van der Waals surface area contributed by atoms with E-state index < -0.39 is 0 Å². The summed E-state index contributed by atoms with van der Waals surface area (Å²) in [7, 11) is 0. The molecule has 0 aliphatic rings. The topological polar surface area (TPSA) is 70.1 Å². The van der Waals surface area contributed by atoms with E-state index in [0.29, 0.717) is 5.69 Å². The fraction of sp³-hybridized carbons (Fsp3) is 0.154. The molecule has 0 unspecified atom stereocenters. The van der Waals surface area contributed by atoms with Crippen molar-refractivity contribution in [3.63, 3.8) is 0 Å². The van der Waals surface area contributed by atoms with Crippen LogP contribution in [0, 0.1) is 0 Å². The predicted molar refractivity (Wildman–Crippen MR) is 70.3 cm³/mol. The zero-order chi connectivity index (χ0) is 13.0. The number of carbonyl (C=O) groups excluding carboxylic acids is 1. The number of hydrogen-bond acceptors (Lipinski definition) is 3. The van der Waals surface area contributed by atoms with Gasteiger partial charge in [0, 0.05) is 11.3 Å². The van der Waals surface area contributed by atoms with E-state index in [9.17, 15) is 4.79 Å². The highest BCUT2D eigenvalue weighted by molar-refractivity contribution is 5.94. The van der Waals surface area contributed by atoms with Crippen LogP contribution in [0.3, 0.4) is 0 Å². The van der Waals surface area contributed by atoms with E-state index in [4.69, 9.17) is 0 Å². The summed E-state index contributed by atoms with van der Waals surface area (Å²) in [6.45, 7) is 3.62. The van der Waals surface area contributed by atoms with Crippen LogP contribution in [0.5, 0.6) is 0 Å². The Morgan fingerprint density at radius 1 is 1.28 bits per heavy atom. The number of amides is 1. The molecule has 0 bridgehead atoms. The number of hydrogen-bond donors (Lipinski definition) is 2. The Labute approximate surface area is 105 Å². The number of rotatable bonds is 3. The molecule has 2 rings (SSSR count). The van der Waals surface area contributed by atoms with Crippen molar-refractivity contribution in [3.8, 4) is 11.3 Å². The van der Waals surface area contributed by atoms with Gasteiger partial charge in [-0.15, -0.1) is 0 Å². The molecule has 1 amide bonds. The normalized spacial score (nSPS) is 9.89. The van der Waals surface area contributed by atoms with Gasteiger partial charge in [-0.3, -0.25) is 9.89 Å². The van der Waals surface area contributed by atoms with Crippen molar-refractivity contribution in [2.75, 3.05) is 0 Å². The van der Waals surface area contributed by atoms with E-state index in [-0.39, 0.29) is 5.91 Å². The molecule has 5 heteroatoms. The van der Waals surface area contributed by atoms with E-state index in [0.717, 1.165) is 17.0 Å². The first-order valence-corrected chi connectivity index (χ1v) is 5.59. The predicted octanol–water partition coefficient (Wildman–Crippen LogP) is 2.20. The first-order valence-electron chi connectivity index (χ1n) is 5.59. The number of H-pyrrole nitrogens is 1. The van der Waals surface area contributed by atoms with Gasteiger partial charge in [0.15, 0.2) is 0 Å². The highest BCUT2D eigenvalue weighted by atomic mass is 16.2. The fourth-order valence-corrected chi connectivity index (χ4v) is 1.42. The van der Waals surface area contributed by atoms with E-state index >= 15 is 0 Å². The molecule has 1 heterocycles. The lowest BCUT2D eigenvalue weighted by Gasteiger charge is -1.96. The maximum Gasteiger partial charge on any atom is 0.289 e. The minimum Gasteiger partial charge on any atom is -0.272 e. The average molecular weight is 242 g/mol. The molecule has 5 nitrogen and oxygen atoms in total. The van der Waals surface area contributed by atoms with Gasteiger partial charge in [-0.05, 0) is 19.9 Å². The third-order valence-corrected chi connectivity index (χ3v) is 2.27. The summed E-state index contributed by atoms with van der Waals surface area (Å²) in [6.07, 6.45) is 0. The van der Waals surface area contributed by atoms with Crippen LogP contribution >= 0.6 is 0 Å². The number of carbonyl (C=O) groups is 1. The summed E-state index contributed by atoms with van der Waals surface area (Å²) in [4.78, 5) is 11.7. The van der Waals surface area contributed by atoms with Crippen molar-refractivity contribution in [2.24, 2.45) is 5.10 Å². The van der Waals surface area contributed by atoms with Crippen LogP contribution in [0.15, 0.2) is 41.5 Å². The number of aromatic amines is 1. The molecular weight excluding hydrogens is 228 g/mol. The van der Waals surface area contributed by atoms with Crippen LogP contribution in [0.25, 0.3) is 11.3 Å². The second-order valence-corrected chi connectivity index (χ2v) is 4.03. The van der Waals surface area contributed by atoms with Crippen LogP contribution in [0.4, 0.5) is 0 Å². The molecule has 0 aliphatic heterocycles. The third kappa shape index (κ3) is 2.82. The highest BCUT2D eigenvalue weighted by Crippen LogP contribution is 2.16. The van der Waals surface area contributed by atoms with Gasteiger partial charge in [0.1, 0.15) is 5.69 Å². The SMILES string of the molecule is CC(C)=NNC(=O)c1cc(-c2ccccc2)n[nH]1. The molecule has 0 atom stereocenters. The third-order valence-electron chi connectivity index (χ3n) is 2.27. The molecule has 0 saturated carbocycles. The number of benzene rings is 1. The van der Waals surface area contributed by atoms with Gasteiger partial charge in [-0.25, -0.2) is 5.43 Å². The van der Waals surface area contributed by atoms with Gasteiger partial charge >= 0.3 is 0 Å². The lowest BCUT2D eigenvalue weighted by Crippen LogP contribution is -2.18. The Hall–Kier alpha value is -2.43. The molecule has 1 aromatic carbocycles. The number of hydrazone groups is 1. The summed E-state index contributed by atoms with van der Waals surface area (Å²) in [5.41, 5.74) is 5.31. The van der Waals surface area contributed by atoms with Crippen LogP contribution in [0.2, 0.25) is 0 Å². The monoisotopic (exact) mass is 242 g/mol. The molecule has 18 heavy (non-hydrogen) atoms. The fourth-order valence-electron chi connectivity index (χ4n) is 1.42. The first-order chi connectivity index (χ1) is 8.66. The maximum atomic E-state index is 11.7. The Kier molecular flexibility index (Phi) is 3.52. The van der Waals surface area contributed by atoms with Gasteiger partial charge in [0.05, 0.1) is 5.69 Å². The van der Waals surface area contributed by atoms with E-state index in [1.807, 2.05) is 44.2 Å². The van der Waals surface area contributed by atoms with Gasteiger partial charge < -0.3 is 0 Å². The minimum absolute atomic E-state index is 0.300. The molecule has 2 aromatic rings. The molecule has 0 aliphatic carbocycles. The molecule has 0 saturated heterocycles. The first kappa shape index (κ1) is 12.0. The Morgan fingerprint density at radius 2 is 2.00 bits per heavy atom. The molecule has 92 valence electrons.